The van der Waals surface area contributed by atoms with Crippen LogP contribution < -0.4 is 5.32 Å². The summed E-state index contributed by atoms with van der Waals surface area (Å²) in [4.78, 5) is 0. The van der Waals surface area contributed by atoms with Gasteiger partial charge in [-0.2, -0.15) is 0 Å². The van der Waals surface area contributed by atoms with Crippen molar-refractivity contribution in [3.8, 4) is 0 Å². The fraction of sp³-hybridized carbons (Fsp3) is 0.444. The lowest BCUT2D eigenvalue weighted by molar-refractivity contribution is 0.124. The maximum Gasteiger partial charge on any atom is 0.117 e. The number of aliphatic hydroxyl groups excluding tert-OH is 1. The zero-order valence-electron chi connectivity index (χ0n) is 12.9. The van der Waals surface area contributed by atoms with Crippen molar-refractivity contribution in [3.63, 3.8) is 0 Å². The molecule has 0 aliphatic carbocycles. The fourth-order valence-electron chi connectivity index (χ4n) is 2.53. The van der Waals surface area contributed by atoms with Crippen LogP contribution in [0.2, 0.25) is 0 Å². The minimum Gasteiger partial charge on any atom is -0.468 e. The molecule has 2 aromatic rings. The first-order valence-electron chi connectivity index (χ1n) is 7.77. The smallest absolute Gasteiger partial charge is 0.117 e. The van der Waals surface area contributed by atoms with Gasteiger partial charge in [0.15, 0.2) is 0 Å². The van der Waals surface area contributed by atoms with Gasteiger partial charge < -0.3 is 14.8 Å². The summed E-state index contributed by atoms with van der Waals surface area (Å²) in [6.45, 7) is 4.89. The summed E-state index contributed by atoms with van der Waals surface area (Å²) < 4.78 is 5.31. The second-order valence-corrected chi connectivity index (χ2v) is 5.41. The van der Waals surface area contributed by atoms with Crippen molar-refractivity contribution in [2.45, 2.75) is 51.8 Å². The van der Waals surface area contributed by atoms with Crippen molar-refractivity contribution < 1.29 is 9.52 Å². The van der Waals surface area contributed by atoms with E-state index in [1.54, 1.807) is 6.26 Å². The molecule has 2 N–H and O–H groups in total. The summed E-state index contributed by atoms with van der Waals surface area (Å²) in [5.74, 6) is 0.888. The highest BCUT2D eigenvalue weighted by molar-refractivity contribution is 5.25. The van der Waals surface area contributed by atoms with E-state index in [2.05, 4.69) is 31.3 Å². The number of nitrogens with one attached hydrogen (secondary N) is 1. The second kappa shape index (κ2) is 8.01. The van der Waals surface area contributed by atoms with E-state index in [4.69, 9.17) is 4.42 Å². The molecule has 0 radical (unpaired) electrons. The van der Waals surface area contributed by atoms with Crippen LogP contribution in [-0.4, -0.2) is 11.1 Å². The van der Waals surface area contributed by atoms with Gasteiger partial charge >= 0.3 is 0 Å². The maximum atomic E-state index is 10.5. The van der Waals surface area contributed by atoms with Crippen LogP contribution in [0.4, 0.5) is 0 Å². The average molecular weight is 287 g/mol. The molecule has 21 heavy (non-hydrogen) atoms. The second-order valence-electron chi connectivity index (χ2n) is 5.41. The molecule has 3 nitrogen and oxygen atoms in total. The Morgan fingerprint density at radius 2 is 1.90 bits per heavy atom. The number of hydrogen-bond acceptors (Lipinski definition) is 3. The molecule has 3 heteroatoms. The van der Waals surface area contributed by atoms with E-state index in [1.165, 1.54) is 5.56 Å². The number of aliphatic hydroxyl groups is 1. The summed E-state index contributed by atoms with van der Waals surface area (Å²) in [6, 6.07) is 12.1. The first-order valence-corrected chi connectivity index (χ1v) is 7.77. The summed E-state index contributed by atoms with van der Waals surface area (Å²) in [6.07, 6.45) is 4.26. The van der Waals surface area contributed by atoms with E-state index < -0.39 is 6.10 Å². The third-order valence-electron chi connectivity index (χ3n) is 3.80. The monoisotopic (exact) mass is 287 g/mol. The molecule has 1 aromatic carbocycles. The van der Waals surface area contributed by atoms with Crippen LogP contribution in [0, 0.1) is 0 Å². The molecule has 0 bridgehead atoms. The Morgan fingerprint density at radius 1 is 1.14 bits per heavy atom. The van der Waals surface area contributed by atoms with E-state index in [0.717, 1.165) is 30.6 Å². The third kappa shape index (κ3) is 4.45. The van der Waals surface area contributed by atoms with Crippen LogP contribution in [0.5, 0.6) is 0 Å². The average Bonchev–Trinajstić information content (AvgIpc) is 3.02. The SMILES string of the molecule is CCCc1ccc(C(O)C(CC)NCc2ccco2)cc1. The highest BCUT2D eigenvalue weighted by Crippen LogP contribution is 2.20. The Morgan fingerprint density at radius 3 is 2.48 bits per heavy atom. The van der Waals surface area contributed by atoms with Gasteiger partial charge in [0, 0.05) is 6.04 Å². The molecular formula is C18H25NO2. The molecule has 0 aliphatic rings. The maximum absolute atomic E-state index is 10.5. The molecule has 2 atom stereocenters. The Hall–Kier alpha value is -1.58. The topological polar surface area (TPSA) is 45.4 Å². The van der Waals surface area contributed by atoms with Gasteiger partial charge in [0.2, 0.25) is 0 Å². The van der Waals surface area contributed by atoms with Crippen molar-refractivity contribution >= 4 is 0 Å². The largest absolute Gasteiger partial charge is 0.468 e. The number of rotatable bonds is 8. The van der Waals surface area contributed by atoms with E-state index in [9.17, 15) is 5.11 Å². The molecule has 0 saturated carbocycles. The molecule has 0 saturated heterocycles. The van der Waals surface area contributed by atoms with Gasteiger partial charge in [0.1, 0.15) is 5.76 Å². The van der Waals surface area contributed by atoms with E-state index in [1.807, 2.05) is 24.3 Å². The van der Waals surface area contributed by atoms with Crippen LogP contribution in [0.3, 0.4) is 0 Å². The van der Waals surface area contributed by atoms with Crippen LogP contribution in [0.15, 0.2) is 47.1 Å². The predicted molar refractivity (Wildman–Crippen MR) is 85.0 cm³/mol. The Bertz CT molecular complexity index is 505. The first-order chi connectivity index (χ1) is 10.2. The highest BCUT2D eigenvalue weighted by Gasteiger charge is 2.19. The molecule has 1 aromatic heterocycles. The molecule has 114 valence electrons. The molecular weight excluding hydrogens is 262 g/mol. The van der Waals surface area contributed by atoms with Gasteiger partial charge in [0.25, 0.3) is 0 Å². The molecule has 0 spiro atoms. The van der Waals surface area contributed by atoms with Crippen molar-refractivity contribution in [2.75, 3.05) is 0 Å². The number of hydrogen-bond donors (Lipinski definition) is 2. The molecule has 0 aliphatic heterocycles. The molecule has 2 unspecified atom stereocenters. The Labute approximate surface area is 127 Å². The highest BCUT2D eigenvalue weighted by atomic mass is 16.3. The zero-order chi connectivity index (χ0) is 15.1. The van der Waals surface area contributed by atoms with Crippen LogP contribution >= 0.6 is 0 Å². The van der Waals surface area contributed by atoms with Gasteiger partial charge in [-0.05, 0) is 36.1 Å². The van der Waals surface area contributed by atoms with E-state index >= 15 is 0 Å². The van der Waals surface area contributed by atoms with Crippen LogP contribution in [-0.2, 0) is 13.0 Å². The van der Waals surface area contributed by atoms with Gasteiger partial charge in [-0.15, -0.1) is 0 Å². The minimum absolute atomic E-state index is 0.0205. The van der Waals surface area contributed by atoms with Crippen molar-refractivity contribution in [3.05, 3.63) is 59.5 Å². The standard InChI is InChI=1S/C18H25NO2/c1-3-6-14-8-10-15(11-9-14)18(20)17(4-2)19-13-16-7-5-12-21-16/h5,7-12,17-20H,3-4,6,13H2,1-2H3. The molecule has 0 fully saturated rings. The predicted octanol–water partition coefficient (Wildman–Crippen LogP) is 3.83. The lowest BCUT2D eigenvalue weighted by Crippen LogP contribution is -2.33. The lowest BCUT2D eigenvalue weighted by atomic mass is 9.98. The van der Waals surface area contributed by atoms with Crippen LogP contribution in [0.1, 0.15) is 49.7 Å². The van der Waals surface area contributed by atoms with Crippen molar-refractivity contribution in [1.29, 1.82) is 0 Å². The number of furan rings is 1. The van der Waals surface area contributed by atoms with Crippen molar-refractivity contribution in [1.82, 2.24) is 5.32 Å². The van der Waals surface area contributed by atoms with E-state index in [-0.39, 0.29) is 6.04 Å². The Kier molecular flexibility index (Phi) is 6.03. The van der Waals surface area contributed by atoms with Gasteiger partial charge in [0.05, 0.1) is 18.9 Å². The quantitative estimate of drug-likeness (QED) is 0.775. The number of benzene rings is 1. The van der Waals surface area contributed by atoms with E-state index in [0.29, 0.717) is 6.54 Å². The summed E-state index contributed by atoms with van der Waals surface area (Å²) in [7, 11) is 0. The first kappa shape index (κ1) is 15.8. The molecule has 2 rings (SSSR count). The van der Waals surface area contributed by atoms with Crippen molar-refractivity contribution in [2.24, 2.45) is 0 Å². The van der Waals surface area contributed by atoms with Gasteiger partial charge in [-0.1, -0.05) is 44.5 Å². The fourth-order valence-corrected chi connectivity index (χ4v) is 2.53. The third-order valence-corrected chi connectivity index (χ3v) is 3.80. The van der Waals surface area contributed by atoms with Crippen LogP contribution in [0.25, 0.3) is 0 Å². The summed E-state index contributed by atoms with van der Waals surface area (Å²) in [5.41, 5.74) is 2.29. The van der Waals surface area contributed by atoms with Gasteiger partial charge in [-0.3, -0.25) is 0 Å². The minimum atomic E-state index is -0.499. The number of aryl methyl sites for hydroxylation is 1. The molecule has 0 amide bonds. The normalized spacial score (nSPS) is 14.0. The van der Waals surface area contributed by atoms with Gasteiger partial charge in [-0.25, -0.2) is 0 Å². The lowest BCUT2D eigenvalue weighted by Gasteiger charge is -2.23. The Balaban J connectivity index is 1.96. The zero-order valence-corrected chi connectivity index (χ0v) is 12.9. The molecule has 1 heterocycles. The summed E-state index contributed by atoms with van der Waals surface area (Å²) in [5, 5.41) is 13.9. The summed E-state index contributed by atoms with van der Waals surface area (Å²) >= 11 is 0.